The highest BCUT2D eigenvalue weighted by molar-refractivity contribution is 9.09. The molecular weight excluding hydrogens is 222 g/mol. The largest absolute Gasteiger partial charge is 0.469 e. The molecular formula is C8H10BrNO2. The second-order valence-corrected chi connectivity index (χ2v) is 2.87. The van der Waals surface area contributed by atoms with Gasteiger partial charge in [0.25, 0.3) is 0 Å². The summed E-state index contributed by atoms with van der Waals surface area (Å²) in [6.07, 6.45) is 2.37. The van der Waals surface area contributed by atoms with Crippen molar-refractivity contribution in [2.75, 3.05) is 11.9 Å². The van der Waals surface area contributed by atoms with Crippen molar-refractivity contribution in [2.24, 2.45) is 0 Å². The average Bonchev–Trinajstić information content (AvgIpc) is 2.57. The Morgan fingerprint density at radius 3 is 3.08 bits per heavy atom. The van der Waals surface area contributed by atoms with E-state index in [2.05, 4.69) is 21.2 Å². The molecule has 0 spiro atoms. The molecule has 3 nitrogen and oxygen atoms in total. The van der Waals surface area contributed by atoms with E-state index in [1.165, 1.54) is 0 Å². The zero-order chi connectivity index (χ0) is 8.81. The number of alkyl halides is 1. The van der Waals surface area contributed by atoms with E-state index in [0.29, 0.717) is 11.9 Å². The van der Waals surface area contributed by atoms with Crippen LogP contribution in [0.15, 0.2) is 22.8 Å². The second kappa shape index (κ2) is 4.98. The third-order valence-electron chi connectivity index (χ3n) is 1.40. The summed E-state index contributed by atoms with van der Waals surface area (Å²) in [7, 11) is 0. The number of rotatable bonds is 4. The molecule has 0 fully saturated rings. The molecule has 1 rings (SSSR count). The molecule has 1 N–H and O–H groups in total. The van der Waals surface area contributed by atoms with E-state index in [1.54, 1.807) is 6.26 Å². The Morgan fingerprint density at radius 2 is 2.50 bits per heavy atom. The lowest BCUT2D eigenvalue weighted by molar-refractivity contribution is -0.118. The number of amides is 1. The van der Waals surface area contributed by atoms with Crippen molar-refractivity contribution in [1.29, 1.82) is 0 Å². The quantitative estimate of drug-likeness (QED) is 0.796. The first-order valence-electron chi connectivity index (χ1n) is 3.68. The van der Waals surface area contributed by atoms with Crippen molar-refractivity contribution >= 4 is 21.8 Å². The van der Waals surface area contributed by atoms with Crippen LogP contribution >= 0.6 is 15.9 Å². The molecule has 0 aliphatic heterocycles. The lowest BCUT2D eigenvalue weighted by Gasteiger charge is -1.99. The summed E-state index contributed by atoms with van der Waals surface area (Å²) >= 11 is 3.06. The molecule has 0 aliphatic carbocycles. The number of halogens is 1. The first-order chi connectivity index (χ1) is 5.83. The van der Waals surface area contributed by atoms with Gasteiger partial charge in [-0.15, -0.1) is 0 Å². The van der Waals surface area contributed by atoms with E-state index >= 15 is 0 Å². The minimum absolute atomic E-state index is 0.00144. The Labute approximate surface area is 79.3 Å². The van der Waals surface area contributed by atoms with Crippen LogP contribution in [0.2, 0.25) is 0 Å². The number of hydrogen-bond donors (Lipinski definition) is 1. The lowest BCUT2D eigenvalue weighted by Crippen LogP contribution is -2.26. The van der Waals surface area contributed by atoms with E-state index in [-0.39, 0.29) is 5.91 Å². The Bertz CT molecular complexity index is 233. The van der Waals surface area contributed by atoms with Crippen LogP contribution < -0.4 is 5.32 Å². The van der Waals surface area contributed by atoms with Gasteiger partial charge in [0.2, 0.25) is 5.91 Å². The fourth-order valence-electron chi connectivity index (χ4n) is 0.827. The Kier molecular flexibility index (Phi) is 3.87. The molecule has 0 radical (unpaired) electrons. The van der Waals surface area contributed by atoms with Crippen molar-refractivity contribution in [3.8, 4) is 0 Å². The monoisotopic (exact) mass is 231 g/mol. The number of carbonyl (C=O) groups excluding carboxylic acids is 1. The van der Waals surface area contributed by atoms with E-state index in [0.717, 1.165) is 12.2 Å². The molecule has 1 amide bonds. The first-order valence-corrected chi connectivity index (χ1v) is 4.80. The SMILES string of the molecule is O=C(CBr)NCCc1ccco1. The van der Waals surface area contributed by atoms with E-state index in [4.69, 9.17) is 4.42 Å². The standard InChI is InChI=1S/C8H10BrNO2/c9-6-8(11)10-4-3-7-2-1-5-12-7/h1-2,5H,3-4,6H2,(H,10,11). The third kappa shape index (κ3) is 3.09. The zero-order valence-electron chi connectivity index (χ0n) is 6.55. The highest BCUT2D eigenvalue weighted by Gasteiger charge is 1.98. The molecule has 0 saturated heterocycles. The fraction of sp³-hybridized carbons (Fsp3) is 0.375. The van der Waals surface area contributed by atoms with Crippen LogP contribution in [-0.4, -0.2) is 17.8 Å². The molecule has 1 heterocycles. The van der Waals surface area contributed by atoms with Gasteiger partial charge in [-0.3, -0.25) is 4.79 Å². The second-order valence-electron chi connectivity index (χ2n) is 2.31. The van der Waals surface area contributed by atoms with Gasteiger partial charge < -0.3 is 9.73 Å². The maximum Gasteiger partial charge on any atom is 0.230 e. The maximum absolute atomic E-state index is 10.8. The van der Waals surface area contributed by atoms with Gasteiger partial charge in [0.05, 0.1) is 11.6 Å². The summed E-state index contributed by atoms with van der Waals surface area (Å²) in [5, 5.41) is 3.08. The summed E-state index contributed by atoms with van der Waals surface area (Å²) in [5.74, 6) is 0.895. The van der Waals surface area contributed by atoms with Crippen LogP contribution in [0.25, 0.3) is 0 Å². The van der Waals surface area contributed by atoms with Crippen LogP contribution in [0.3, 0.4) is 0 Å². The lowest BCUT2D eigenvalue weighted by atomic mass is 10.3. The highest BCUT2D eigenvalue weighted by atomic mass is 79.9. The van der Waals surface area contributed by atoms with E-state index in [9.17, 15) is 4.79 Å². The molecule has 0 aromatic carbocycles. The zero-order valence-corrected chi connectivity index (χ0v) is 8.13. The number of nitrogens with one attached hydrogen (secondary N) is 1. The first kappa shape index (κ1) is 9.32. The maximum atomic E-state index is 10.8. The van der Waals surface area contributed by atoms with E-state index in [1.807, 2.05) is 12.1 Å². The predicted molar refractivity (Wildman–Crippen MR) is 49.2 cm³/mol. The van der Waals surface area contributed by atoms with Gasteiger partial charge in [-0.25, -0.2) is 0 Å². The highest BCUT2D eigenvalue weighted by Crippen LogP contribution is 1.99. The van der Waals surface area contributed by atoms with Gasteiger partial charge >= 0.3 is 0 Å². The van der Waals surface area contributed by atoms with Crippen LogP contribution in [0, 0.1) is 0 Å². The molecule has 0 atom stereocenters. The van der Waals surface area contributed by atoms with Gasteiger partial charge in [0.1, 0.15) is 5.76 Å². The van der Waals surface area contributed by atoms with Gasteiger partial charge in [-0.2, -0.15) is 0 Å². The summed E-state index contributed by atoms with van der Waals surface area (Å²) < 4.78 is 5.09. The molecule has 0 saturated carbocycles. The smallest absolute Gasteiger partial charge is 0.230 e. The molecule has 0 unspecified atom stereocenters. The topological polar surface area (TPSA) is 42.2 Å². The molecule has 12 heavy (non-hydrogen) atoms. The Hall–Kier alpha value is -0.770. The molecule has 0 bridgehead atoms. The van der Waals surface area contributed by atoms with Gasteiger partial charge in [0.15, 0.2) is 0 Å². The van der Waals surface area contributed by atoms with Gasteiger partial charge in [0, 0.05) is 13.0 Å². The van der Waals surface area contributed by atoms with Crippen molar-refractivity contribution in [2.45, 2.75) is 6.42 Å². The molecule has 1 aromatic heterocycles. The number of hydrogen-bond acceptors (Lipinski definition) is 2. The van der Waals surface area contributed by atoms with Crippen molar-refractivity contribution in [1.82, 2.24) is 5.32 Å². The molecule has 1 aromatic rings. The minimum atomic E-state index is 0.00144. The predicted octanol–water partition coefficient (Wildman–Crippen LogP) is 1.33. The third-order valence-corrected chi connectivity index (χ3v) is 1.90. The molecule has 66 valence electrons. The van der Waals surface area contributed by atoms with Crippen molar-refractivity contribution in [3.63, 3.8) is 0 Å². The number of carbonyl (C=O) groups is 1. The summed E-state index contributed by atoms with van der Waals surface area (Å²) in [6, 6.07) is 3.72. The van der Waals surface area contributed by atoms with Gasteiger partial charge in [-0.1, -0.05) is 15.9 Å². The van der Waals surface area contributed by atoms with Crippen LogP contribution in [0.4, 0.5) is 0 Å². The average molecular weight is 232 g/mol. The number of furan rings is 1. The summed E-state index contributed by atoms with van der Waals surface area (Å²) in [6.45, 7) is 0.623. The summed E-state index contributed by atoms with van der Waals surface area (Å²) in [4.78, 5) is 10.8. The molecule has 0 aliphatic rings. The van der Waals surface area contributed by atoms with Crippen LogP contribution in [0.1, 0.15) is 5.76 Å². The van der Waals surface area contributed by atoms with E-state index < -0.39 is 0 Å². The van der Waals surface area contributed by atoms with Crippen LogP contribution in [0.5, 0.6) is 0 Å². The van der Waals surface area contributed by atoms with Crippen molar-refractivity contribution < 1.29 is 9.21 Å². The Morgan fingerprint density at radius 1 is 1.67 bits per heavy atom. The molecule has 4 heteroatoms. The fourth-order valence-corrected chi connectivity index (χ4v) is 1.03. The van der Waals surface area contributed by atoms with Gasteiger partial charge in [-0.05, 0) is 12.1 Å². The Balaban J connectivity index is 2.15. The van der Waals surface area contributed by atoms with Crippen LogP contribution in [-0.2, 0) is 11.2 Å². The normalized spacial score (nSPS) is 9.75. The van der Waals surface area contributed by atoms with Crippen molar-refractivity contribution in [3.05, 3.63) is 24.2 Å². The summed E-state index contributed by atoms with van der Waals surface area (Å²) in [5.41, 5.74) is 0. The minimum Gasteiger partial charge on any atom is -0.469 e.